The van der Waals surface area contributed by atoms with Gasteiger partial charge in [-0.3, -0.25) is 4.79 Å². The topological polar surface area (TPSA) is 26.3 Å². The van der Waals surface area contributed by atoms with Crippen molar-refractivity contribution >= 4 is 29.2 Å². The summed E-state index contributed by atoms with van der Waals surface area (Å²) < 4.78 is 4.61. The molecule has 1 aromatic carbocycles. The molecule has 1 aromatic rings. The van der Waals surface area contributed by atoms with E-state index in [1.54, 1.807) is 0 Å². The van der Waals surface area contributed by atoms with Gasteiger partial charge < -0.3 is 4.74 Å². The number of rotatable bonds is 3. The van der Waals surface area contributed by atoms with Gasteiger partial charge in [-0.1, -0.05) is 17.7 Å². The van der Waals surface area contributed by atoms with Crippen LogP contribution in [0.2, 0.25) is 5.02 Å². The van der Waals surface area contributed by atoms with Crippen molar-refractivity contribution in [2.75, 3.05) is 7.11 Å². The minimum Gasteiger partial charge on any atom is -0.469 e. The van der Waals surface area contributed by atoms with Crippen LogP contribution in [0.4, 0.5) is 0 Å². The fraction of sp³-hybridized carbons (Fsp3) is 0.364. The van der Waals surface area contributed by atoms with E-state index in [4.69, 9.17) is 23.2 Å². The lowest BCUT2D eigenvalue weighted by molar-refractivity contribution is -0.139. The molecule has 1 rings (SSSR count). The van der Waals surface area contributed by atoms with Crippen molar-refractivity contribution < 1.29 is 9.53 Å². The van der Waals surface area contributed by atoms with E-state index < -0.39 is 0 Å². The maximum absolute atomic E-state index is 11.1. The van der Waals surface area contributed by atoms with Gasteiger partial charge in [-0.25, -0.2) is 0 Å². The number of carbonyl (C=O) groups is 1. The van der Waals surface area contributed by atoms with E-state index in [0.717, 1.165) is 16.7 Å². The third-order valence-corrected chi connectivity index (χ3v) is 2.85. The molecule has 0 fully saturated rings. The molecule has 0 spiro atoms. The van der Waals surface area contributed by atoms with Gasteiger partial charge in [0.25, 0.3) is 0 Å². The number of aryl methyl sites for hydroxylation is 1. The van der Waals surface area contributed by atoms with Gasteiger partial charge in [0, 0.05) is 10.9 Å². The van der Waals surface area contributed by atoms with Crippen molar-refractivity contribution in [2.45, 2.75) is 19.2 Å². The highest BCUT2D eigenvalue weighted by Crippen LogP contribution is 2.23. The fourth-order valence-corrected chi connectivity index (χ4v) is 1.86. The molecular formula is C11H12Cl2O2. The Morgan fingerprint density at radius 3 is 2.60 bits per heavy atom. The second-order valence-corrected chi connectivity index (χ2v) is 3.93. The maximum atomic E-state index is 11.1. The monoisotopic (exact) mass is 246 g/mol. The summed E-state index contributed by atoms with van der Waals surface area (Å²) in [5.74, 6) is 0.0775. The van der Waals surface area contributed by atoms with E-state index in [-0.39, 0.29) is 12.4 Å². The van der Waals surface area contributed by atoms with E-state index in [1.807, 2.05) is 19.1 Å². The minimum absolute atomic E-state index is 0.253. The first-order chi connectivity index (χ1) is 7.08. The molecule has 4 heteroatoms. The second-order valence-electron chi connectivity index (χ2n) is 3.26. The van der Waals surface area contributed by atoms with Gasteiger partial charge >= 0.3 is 5.97 Å². The number of halogens is 2. The quantitative estimate of drug-likeness (QED) is 0.606. The Labute approximate surface area is 99.1 Å². The Morgan fingerprint density at radius 2 is 2.07 bits per heavy atom. The largest absolute Gasteiger partial charge is 0.469 e. The number of esters is 1. The molecule has 0 aromatic heterocycles. The highest BCUT2D eigenvalue weighted by molar-refractivity contribution is 6.32. The van der Waals surface area contributed by atoms with Crippen LogP contribution < -0.4 is 0 Å². The molecule has 0 aliphatic rings. The van der Waals surface area contributed by atoms with Crippen LogP contribution in [0.3, 0.4) is 0 Å². The number of hydrogen-bond acceptors (Lipinski definition) is 2. The Hall–Kier alpha value is -0.730. The molecule has 0 bridgehead atoms. The van der Waals surface area contributed by atoms with Crippen LogP contribution in [0.25, 0.3) is 0 Å². The maximum Gasteiger partial charge on any atom is 0.309 e. The van der Waals surface area contributed by atoms with Gasteiger partial charge in [0.1, 0.15) is 0 Å². The second kappa shape index (κ2) is 5.38. The van der Waals surface area contributed by atoms with Gasteiger partial charge in [0.05, 0.1) is 13.5 Å². The molecule has 15 heavy (non-hydrogen) atoms. The summed E-state index contributed by atoms with van der Waals surface area (Å²) in [6.45, 7) is 1.90. The average Bonchev–Trinajstić information content (AvgIpc) is 2.21. The van der Waals surface area contributed by atoms with Crippen molar-refractivity contribution in [2.24, 2.45) is 0 Å². The first kappa shape index (κ1) is 12.3. The average molecular weight is 247 g/mol. The number of alkyl halides is 1. The summed E-state index contributed by atoms with van der Waals surface area (Å²) >= 11 is 11.7. The molecule has 0 aliphatic heterocycles. The Kier molecular flexibility index (Phi) is 4.43. The van der Waals surface area contributed by atoms with Crippen molar-refractivity contribution in [3.63, 3.8) is 0 Å². The Bertz CT molecular complexity index is 375. The third-order valence-electron chi connectivity index (χ3n) is 2.21. The van der Waals surface area contributed by atoms with Crippen molar-refractivity contribution in [3.8, 4) is 0 Å². The van der Waals surface area contributed by atoms with Crippen molar-refractivity contribution in [3.05, 3.63) is 33.8 Å². The molecule has 2 nitrogen and oxygen atoms in total. The van der Waals surface area contributed by atoms with E-state index >= 15 is 0 Å². The Balaban J connectivity index is 3.02. The fourth-order valence-electron chi connectivity index (χ4n) is 1.29. The predicted molar refractivity (Wildman–Crippen MR) is 61.5 cm³/mol. The van der Waals surface area contributed by atoms with Gasteiger partial charge in [-0.15, -0.1) is 11.6 Å². The lowest BCUT2D eigenvalue weighted by atomic mass is 10.0. The van der Waals surface area contributed by atoms with Crippen LogP contribution in [-0.2, 0) is 21.8 Å². The highest BCUT2D eigenvalue weighted by Gasteiger charge is 2.09. The molecule has 0 saturated carbocycles. The van der Waals surface area contributed by atoms with E-state index in [1.165, 1.54) is 7.11 Å². The summed E-state index contributed by atoms with van der Waals surface area (Å²) in [6.07, 6.45) is 0.253. The van der Waals surface area contributed by atoms with Gasteiger partial charge in [-0.05, 0) is 29.7 Å². The van der Waals surface area contributed by atoms with E-state index in [9.17, 15) is 4.79 Å². The predicted octanol–water partition coefficient (Wildman–Crippen LogP) is 3.10. The smallest absolute Gasteiger partial charge is 0.309 e. The molecule has 82 valence electrons. The Morgan fingerprint density at radius 1 is 1.40 bits per heavy atom. The normalized spacial score (nSPS) is 10.1. The molecular weight excluding hydrogens is 235 g/mol. The standard InChI is InChI=1S/C11H12Cl2O2/c1-7-3-10(13)9(6-12)4-8(7)5-11(14)15-2/h3-4H,5-6H2,1-2H3. The van der Waals surface area contributed by atoms with Crippen LogP contribution in [0.1, 0.15) is 16.7 Å². The zero-order valence-electron chi connectivity index (χ0n) is 8.64. The van der Waals surface area contributed by atoms with Crippen molar-refractivity contribution in [1.82, 2.24) is 0 Å². The summed E-state index contributed by atoms with van der Waals surface area (Å²) in [7, 11) is 1.37. The van der Waals surface area contributed by atoms with Crippen LogP contribution >= 0.6 is 23.2 Å². The molecule has 0 atom stereocenters. The zero-order chi connectivity index (χ0) is 11.4. The molecule has 0 saturated heterocycles. The first-order valence-electron chi connectivity index (χ1n) is 4.49. The lowest BCUT2D eigenvalue weighted by Gasteiger charge is -2.08. The van der Waals surface area contributed by atoms with Crippen LogP contribution in [-0.4, -0.2) is 13.1 Å². The molecule has 0 amide bonds. The van der Waals surface area contributed by atoms with Crippen molar-refractivity contribution in [1.29, 1.82) is 0 Å². The third kappa shape index (κ3) is 3.11. The van der Waals surface area contributed by atoms with Gasteiger partial charge in [0.15, 0.2) is 0 Å². The molecule has 0 radical (unpaired) electrons. The zero-order valence-corrected chi connectivity index (χ0v) is 10.2. The van der Waals surface area contributed by atoms with E-state index in [0.29, 0.717) is 10.9 Å². The number of ether oxygens (including phenoxy) is 1. The number of hydrogen-bond donors (Lipinski definition) is 0. The summed E-state index contributed by atoms with van der Waals surface area (Å²) in [6, 6.07) is 3.67. The number of benzene rings is 1. The van der Waals surface area contributed by atoms with Crippen LogP contribution in [0, 0.1) is 6.92 Å². The highest BCUT2D eigenvalue weighted by atomic mass is 35.5. The number of carbonyl (C=O) groups excluding carboxylic acids is 1. The molecule has 0 N–H and O–H groups in total. The molecule has 0 aliphatic carbocycles. The SMILES string of the molecule is COC(=O)Cc1cc(CCl)c(Cl)cc1C. The minimum atomic E-state index is -0.263. The van der Waals surface area contributed by atoms with Crippen LogP contribution in [0.5, 0.6) is 0 Å². The first-order valence-corrected chi connectivity index (χ1v) is 5.40. The summed E-state index contributed by atoms with van der Waals surface area (Å²) in [4.78, 5) is 11.1. The summed E-state index contributed by atoms with van der Waals surface area (Å²) in [5.41, 5.74) is 2.71. The van der Waals surface area contributed by atoms with Crippen LogP contribution in [0.15, 0.2) is 12.1 Å². The van der Waals surface area contributed by atoms with Gasteiger partial charge in [-0.2, -0.15) is 0 Å². The number of methoxy groups -OCH3 is 1. The molecule has 0 unspecified atom stereocenters. The van der Waals surface area contributed by atoms with Gasteiger partial charge in [0.2, 0.25) is 0 Å². The lowest BCUT2D eigenvalue weighted by Crippen LogP contribution is -2.06. The van der Waals surface area contributed by atoms with E-state index in [2.05, 4.69) is 4.74 Å². The molecule has 0 heterocycles. The summed E-state index contributed by atoms with van der Waals surface area (Å²) in [5, 5.41) is 0.635.